The highest BCUT2D eigenvalue weighted by molar-refractivity contribution is 7.94. The molecule has 0 aromatic heterocycles. The number of nitrogens with zero attached hydrogens (tertiary/aromatic N) is 1. The molecule has 6 nitrogen and oxygen atoms in total. The Hall–Kier alpha value is -1.11. The first-order valence-corrected chi connectivity index (χ1v) is 6.81. The molecule has 1 N–H and O–H groups in total. The standard InChI is InChI=1S/C10H19NO5S/c1-6(2)8(10(13)14)17(15,16)7(3)9(12)11(4)5/h6-8H,1-5H3,(H,13,14). The fourth-order valence-electron chi connectivity index (χ4n) is 1.53. The highest BCUT2D eigenvalue weighted by Crippen LogP contribution is 2.19. The quantitative estimate of drug-likeness (QED) is 0.754. The number of carboxylic acids is 1. The van der Waals surface area contributed by atoms with Crippen molar-refractivity contribution in [2.24, 2.45) is 5.92 Å². The van der Waals surface area contributed by atoms with Gasteiger partial charge in [-0.15, -0.1) is 0 Å². The van der Waals surface area contributed by atoms with Crippen LogP contribution in [0.5, 0.6) is 0 Å². The average molecular weight is 265 g/mol. The van der Waals surface area contributed by atoms with Crippen molar-refractivity contribution in [2.45, 2.75) is 31.3 Å². The molecular weight excluding hydrogens is 246 g/mol. The number of rotatable bonds is 5. The second-order valence-corrected chi connectivity index (χ2v) is 6.86. The Balaban J connectivity index is 5.39. The summed E-state index contributed by atoms with van der Waals surface area (Å²) >= 11 is 0. The minimum atomic E-state index is -4.03. The van der Waals surface area contributed by atoms with E-state index < -0.39 is 38.1 Å². The van der Waals surface area contributed by atoms with Crippen LogP contribution in [0.4, 0.5) is 0 Å². The van der Waals surface area contributed by atoms with Crippen LogP contribution in [0.15, 0.2) is 0 Å². The molecule has 7 heteroatoms. The highest BCUT2D eigenvalue weighted by Gasteiger charge is 2.42. The summed E-state index contributed by atoms with van der Waals surface area (Å²) in [5.41, 5.74) is 0. The molecular formula is C10H19NO5S. The molecule has 0 aromatic carbocycles. The van der Waals surface area contributed by atoms with E-state index in [4.69, 9.17) is 5.11 Å². The SMILES string of the molecule is CC(C)C(C(=O)O)S(=O)(=O)C(C)C(=O)N(C)C. The van der Waals surface area contributed by atoms with Gasteiger partial charge in [0.05, 0.1) is 0 Å². The third kappa shape index (κ3) is 3.42. The summed E-state index contributed by atoms with van der Waals surface area (Å²) in [5, 5.41) is 6.04. The lowest BCUT2D eigenvalue weighted by Crippen LogP contribution is -2.46. The molecule has 1 amide bonds. The molecule has 2 unspecified atom stereocenters. The van der Waals surface area contributed by atoms with Gasteiger partial charge in [-0.05, 0) is 12.8 Å². The van der Waals surface area contributed by atoms with E-state index in [1.54, 1.807) is 0 Å². The molecule has 0 aliphatic carbocycles. The molecule has 0 aromatic rings. The Morgan fingerprint density at radius 3 is 1.76 bits per heavy atom. The normalized spacial score (nSPS) is 15.4. The van der Waals surface area contributed by atoms with E-state index in [0.29, 0.717) is 0 Å². The molecule has 0 radical (unpaired) electrons. The summed E-state index contributed by atoms with van der Waals surface area (Å²) in [6.45, 7) is 4.22. The first-order chi connectivity index (χ1) is 7.53. The minimum absolute atomic E-state index is 0.588. The zero-order valence-electron chi connectivity index (χ0n) is 10.7. The van der Waals surface area contributed by atoms with Gasteiger partial charge in [0.2, 0.25) is 5.91 Å². The first-order valence-electron chi connectivity index (χ1n) is 5.20. The van der Waals surface area contributed by atoms with Crippen molar-refractivity contribution in [3.05, 3.63) is 0 Å². The molecule has 0 heterocycles. The third-order valence-corrected chi connectivity index (χ3v) is 5.13. The number of carboxylic acid groups (broad SMARTS) is 1. The number of carbonyl (C=O) groups excluding carboxylic acids is 1. The fourth-order valence-corrected chi connectivity index (χ4v) is 3.50. The van der Waals surface area contributed by atoms with Crippen molar-refractivity contribution >= 4 is 21.7 Å². The van der Waals surface area contributed by atoms with E-state index in [-0.39, 0.29) is 0 Å². The van der Waals surface area contributed by atoms with Crippen LogP contribution >= 0.6 is 0 Å². The predicted octanol–water partition coefficient (Wildman–Crippen LogP) is -0.0129. The van der Waals surface area contributed by atoms with E-state index in [2.05, 4.69) is 0 Å². The van der Waals surface area contributed by atoms with Crippen LogP contribution < -0.4 is 0 Å². The lowest BCUT2D eigenvalue weighted by atomic mass is 10.1. The molecule has 2 atom stereocenters. The Morgan fingerprint density at radius 2 is 1.53 bits per heavy atom. The maximum Gasteiger partial charge on any atom is 0.322 e. The molecule has 100 valence electrons. The van der Waals surface area contributed by atoms with Gasteiger partial charge in [0.15, 0.2) is 15.1 Å². The monoisotopic (exact) mass is 265 g/mol. The Morgan fingerprint density at radius 1 is 1.12 bits per heavy atom. The van der Waals surface area contributed by atoms with Crippen LogP contribution in [0, 0.1) is 5.92 Å². The van der Waals surface area contributed by atoms with Crippen LogP contribution in [0.25, 0.3) is 0 Å². The molecule has 0 bridgehead atoms. The molecule has 0 aliphatic heterocycles. The minimum Gasteiger partial charge on any atom is -0.480 e. The van der Waals surface area contributed by atoms with Gasteiger partial charge < -0.3 is 10.0 Å². The van der Waals surface area contributed by atoms with Crippen molar-refractivity contribution in [3.8, 4) is 0 Å². The maximum atomic E-state index is 12.0. The Bertz CT molecular complexity index is 399. The smallest absolute Gasteiger partial charge is 0.322 e. The number of amides is 1. The van der Waals surface area contributed by atoms with E-state index in [1.165, 1.54) is 34.9 Å². The molecule has 0 spiro atoms. The van der Waals surface area contributed by atoms with Gasteiger partial charge in [-0.3, -0.25) is 9.59 Å². The number of hydrogen-bond donors (Lipinski definition) is 1. The highest BCUT2D eigenvalue weighted by atomic mass is 32.2. The number of aliphatic carboxylic acids is 1. The van der Waals surface area contributed by atoms with Crippen LogP contribution in [0.3, 0.4) is 0 Å². The van der Waals surface area contributed by atoms with Gasteiger partial charge in [0.1, 0.15) is 5.25 Å². The summed E-state index contributed by atoms with van der Waals surface area (Å²) in [4.78, 5) is 23.7. The topological polar surface area (TPSA) is 91.7 Å². The van der Waals surface area contributed by atoms with Crippen LogP contribution in [-0.2, 0) is 19.4 Å². The predicted molar refractivity (Wildman–Crippen MR) is 63.3 cm³/mol. The molecule has 0 saturated heterocycles. The van der Waals surface area contributed by atoms with Gasteiger partial charge in [0.25, 0.3) is 0 Å². The van der Waals surface area contributed by atoms with Crippen LogP contribution in [0.2, 0.25) is 0 Å². The third-order valence-electron chi connectivity index (χ3n) is 2.48. The fraction of sp³-hybridized carbons (Fsp3) is 0.800. The molecule has 0 aliphatic rings. The largest absolute Gasteiger partial charge is 0.480 e. The lowest BCUT2D eigenvalue weighted by molar-refractivity contribution is -0.137. The van der Waals surface area contributed by atoms with Crippen LogP contribution in [0.1, 0.15) is 20.8 Å². The van der Waals surface area contributed by atoms with Crippen LogP contribution in [-0.4, -0.2) is 54.9 Å². The van der Waals surface area contributed by atoms with E-state index >= 15 is 0 Å². The molecule has 0 saturated carbocycles. The van der Waals surface area contributed by atoms with E-state index in [9.17, 15) is 18.0 Å². The van der Waals surface area contributed by atoms with E-state index in [0.717, 1.165) is 4.90 Å². The summed E-state index contributed by atoms with van der Waals surface area (Å²) in [7, 11) is -1.17. The number of hydrogen-bond acceptors (Lipinski definition) is 4. The van der Waals surface area contributed by atoms with Gasteiger partial charge in [-0.25, -0.2) is 8.42 Å². The Kier molecular flexibility index (Phi) is 5.12. The molecule has 0 rings (SSSR count). The molecule has 0 fully saturated rings. The van der Waals surface area contributed by atoms with Gasteiger partial charge >= 0.3 is 5.97 Å². The van der Waals surface area contributed by atoms with E-state index in [1.807, 2.05) is 0 Å². The molecule has 17 heavy (non-hydrogen) atoms. The number of carbonyl (C=O) groups is 2. The van der Waals surface area contributed by atoms with Crippen molar-refractivity contribution in [3.63, 3.8) is 0 Å². The number of sulfone groups is 1. The average Bonchev–Trinajstić information content (AvgIpc) is 2.13. The summed E-state index contributed by atoms with van der Waals surface area (Å²) in [5.74, 6) is -2.62. The van der Waals surface area contributed by atoms with Crippen molar-refractivity contribution < 1.29 is 23.1 Å². The summed E-state index contributed by atoms with van der Waals surface area (Å²) < 4.78 is 24.1. The maximum absolute atomic E-state index is 12.0. The summed E-state index contributed by atoms with van der Waals surface area (Å²) in [6.07, 6.45) is 0. The zero-order chi connectivity index (χ0) is 14.0. The van der Waals surface area contributed by atoms with Crippen molar-refractivity contribution in [1.29, 1.82) is 0 Å². The van der Waals surface area contributed by atoms with Crippen molar-refractivity contribution in [1.82, 2.24) is 4.90 Å². The second kappa shape index (κ2) is 5.48. The van der Waals surface area contributed by atoms with Gasteiger partial charge in [-0.1, -0.05) is 13.8 Å². The lowest BCUT2D eigenvalue weighted by Gasteiger charge is -2.23. The van der Waals surface area contributed by atoms with Gasteiger partial charge in [0, 0.05) is 14.1 Å². The van der Waals surface area contributed by atoms with Crippen molar-refractivity contribution in [2.75, 3.05) is 14.1 Å². The summed E-state index contributed by atoms with van der Waals surface area (Å²) in [6, 6.07) is 0. The zero-order valence-corrected chi connectivity index (χ0v) is 11.5. The van der Waals surface area contributed by atoms with Gasteiger partial charge in [-0.2, -0.15) is 0 Å². The second-order valence-electron chi connectivity index (χ2n) is 4.47. The first kappa shape index (κ1) is 15.9. The Labute approximate surface area is 102 Å².